The molecule has 142 valence electrons. The molecule has 2 aromatic rings. The number of Topliss-reactive ketones (excluding diaryl/α,β-unsaturated/α-hetero) is 1. The van der Waals surface area contributed by atoms with Gasteiger partial charge in [0.25, 0.3) is 11.7 Å². The van der Waals surface area contributed by atoms with Crippen LogP contribution in [0.3, 0.4) is 0 Å². The molecule has 1 amide bonds. The molecule has 0 aliphatic carbocycles. The van der Waals surface area contributed by atoms with E-state index in [0.717, 1.165) is 5.56 Å². The second-order valence-corrected chi connectivity index (χ2v) is 7.11. The normalized spacial score (nSPS) is 19.3. The van der Waals surface area contributed by atoms with Crippen LogP contribution in [0.25, 0.3) is 5.76 Å². The predicted octanol–water partition coefficient (Wildman–Crippen LogP) is 2.88. The van der Waals surface area contributed by atoms with Crippen molar-refractivity contribution in [2.24, 2.45) is 0 Å². The Morgan fingerprint density at radius 3 is 2.33 bits per heavy atom. The van der Waals surface area contributed by atoms with Gasteiger partial charge in [0.1, 0.15) is 23.3 Å². The van der Waals surface area contributed by atoms with Crippen LogP contribution in [0.4, 0.5) is 0 Å². The van der Waals surface area contributed by atoms with Crippen LogP contribution in [-0.2, 0) is 9.59 Å². The molecule has 6 nitrogen and oxygen atoms in total. The van der Waals surface area contributed by atoms with Gasteiger partial charge in [-0.3, -0.25) is 9.59 Å². The minimum atomic E-state index is -0.736. The highest BCUT2D eigenvalue weighted by Gasteiger charge is 2.47. The van der Waals surface area contributed by atoms with Gasteiger partial charge in [-0.25, -0.2) is 0 Å². The number of likely N-dealkylation sites (tertiary alicyclic amines) is 1. The number of hydrogen-bond acceptors (Lipinski definition) is 5. The fourth-order valence-corrected chi connectivity index (χ4v) is 3.18. The van der Waals surface area contributed by atoms with Crippen molar-refractivity contribution in [2.75, 3.05) is 27.2 Å². The number of nitrogens with zero attached hydrogens (tertiary/aromatic N) is 2. The molecule has 0 spiro atoms. The first kappa shape index (κ1) is 18.9. The summed E-state index contributed by atoms with van der Waals surface area (Å²) in [6.07, 6.45) is 0. The quantitative estimate of drug-likeness (QED) is 0.499. The van der Waals surface area contributed by atoms with Gasteiger partial charge in [0.05, 0.1) is 5.57 Å². The molecule has 0 saturated carbocycles. The van der Waals surface area contributed by atoms with E-state index in [0.29, 0.717) is 30.2 Å². The summed E-state index contributed by atoms with van der Waals surface area (Å²) >= 11 is 0. The molecule has 6 heteroatoms. The molecule has 1 N–H and O–H groups in total. The van der Waals surface area contributed by atoms with Gasteiger partial charge in [0, 0.05) is 18.7 Å². The molecule has 1 aromatic carbocycles. The molecule has 1 aromatic heterocycles. The molecule has 0 radical (unpaired) electrons. The van der Waals surface area contributed by atoms with Gasteiger partial charge in [0.2, 0.25) is 0 Å². The fourth-order valence-electron chi connectivity index (χ4n) is 3.18. The maximum Gasteiger partial charge on any atom is 0.295 e. The van der Waals surface area contributed by atoms with E-state index in [1.165, 1.54) is 4.90 Å². The first-order chi connectivity index (χ1) is 12.8. The largest absolute Gasteiger partial charge is 0.507 e. The average molecular weight is 368 g/mol. The number of furan rings is 1. The second-order valence-electron chi connectivity index (χ2n) is 7.11. The lowest BCUT2D eigenvalue weighted by Crippen LogP contribution is -2.35. The highest BCUT2D eigenvalue weighted by atomic mass is 16.3. The third kappa shape index (κ3) is 3.66. The molecule has 1 aliphatic heterocycles. The summed E-state index contributed by atoms with van der Waals surface area (Å²) in [6.45, 7) is 4.69. The number of benzene rings is 1. The maximum atomic E-state index is 12.8. The van der Waals surface area contributed by atoms with Crippen molar-refractivity contribution in [1.82, 2.24) is 9.80 Å². The van der Waals surface area contributed by atoms with Gasteiger partial charge in [0.15, 0.2) is 0 Å². The Kier molecular flexibility index (Phi) is 5.19. The van der Waals surface area contributed by atoms with Crippen LogP contribution in [0.15, 0.2) is 46.4 Å². The monoisotopic (exact) mass is 368 g/mol. The van der Waals surface area contributed by atoms with E-state index in [9.17, 15) is 14.7 Å². The van der Waals surface area contributed by atoms with Crippen LogP contribution >= 0.6 is 0 Å². The Balaban J connectivity index is 2.11. The van der Waals surface area contributed by atoms with Crippen LogP contribution in [0.1, 0.15) is 28.7 Å². The lowest BCUT2D eigenvalue weighted by atomic mass is 9.99. The third-order valence-corrected chi connectivity index (χ3v) is 4.68. The van der Waals surface area contributed by atoms with E-state index >= 15 is 0 Å². The smallest absolute Gasteiger partial charge is 0.295 e. The van der Waals surface area contributed by atoms with Crippen molar-refractivity contribution in [3.63, 3.8) is 0 Å². The Hall–Kier alpha value is -2.86. The average Bonchev–Trinajstić information content (AvgIpc) is 3.15. The van der Waals surface area contributed by atoms with E-state index < -0.39 is 17.7 Å². The molecule has 2 heterocycles. The Morgan fingerprint density at radius 2 is 1.78 bits per heavy atom. The molecule has 0 bridgehead atoms. The van der Waals surface area contributed by atoms with Crippen LogP contribution in [-0.4, -0.2) is 53.8 Å². The van der Waals surface area contributed by atoms with Gasteiger partial charge >= 0.3 is 0 Å². The Morgan fingerprint density at radius 1 is 1.11 bits per heavy atom. The number of aliphatic hydroxyl groups excluding tert-OH is 1. The van der Waals surface area contributed by atoms with E-state index in [-0.39, 0.29) is 11.3 Å². The molecule has 1 saturated heterocycles. The number of carbonyl (C=O) groups is 2. The molecule has 27 heavy (non-hydrogen) atoms. The van der Waals surface area contributed by atoms with Crippen LogP contribution < -0.4 is 0 Å². The summed E-state index contributed by atoms with van der Waals surface area (Å²) in [7, 11) is 3.80. The first-order valence-electron chi connectivity index (χ1n) is 8.86. The van der Waals surface area contributed by atoms with Crippen molar-refractivity contribution in [1.29, 1.82) is 0 Å². The van der Waals surface area contributed by atoms with Gasteiger partial charge in [-0.1, -0.05) is 29.8 Å². The molecular formula is C21H24N2O4. The number of aliphatic hydroxyl groups is 1. The fraction of sp³-hybridized carbons (Fsp3) is 0.333. The molecular weight excluding hydrogens is 344 g/mol. The third-order valence-electron chi connectivity index (χ3n) is 4.68. The SMILES string of the molecule is Cc1ccc(/C(O)=C2/C(=O)C(=O)N(CCN(C)C)C2c2ccc(C)o2)cc1. The summed E-state index contributed by atoms with van der Waals surface area (Å²) in [6, 6.07) is 9.97. The maximum absolute atomic E-state index is 12.8. The number of amides is 1. The van der Waals surface area contributed by atoms with E-state index in [1.54, 1.807) is 31.2 Å². The molecule has 1 aliphatic rings. The molecule has 1 atom stereocenters. The van der Waals surface area contributed by atoms with Gasteiger partial charge in [-0.05, 0) is 40.1 Å². The van der Waals surface area contributed by atoms with Crippen molar-refractivity contribution in [3.05, 3.63) is 64.6 Å². The van der Waals surface area contributed by atoms with Crippen LogP contribution in [0, 0.1) is 13.8 Å². The Bertz CT molecular complexity index is 893. The number of aryl methyl sites for hydroxylation is 2. The van der Waals surface area contributed by atoms with E-state index in [4.69, 9.17) is 4.42 Å². The molecule has 1 unspecified atom stereocenters. The highest BCUT2D eigenvalue weighted by Crippen LogP contribution is 2.39. The number of rotatable bonds is 5. The lowest BCUT2D eigenvalue weighted by Gasteiger charge is -2.24. The number of hydrogen-bond donors (Lipinski definition) is 1. The predicted molar refractivity (Wildman–Crippen MR) is 102 cm³/mol. The topological polar surface area (TPSA) is 74.0 Å². The van der Waals surface area contributed by atoms with E-state index in [1.807, 2.05) is 38.1 Å². The van der Waals surface area contributed by atoms with Crippen molar-refractivity contribution >= 4 is 17.4 Å². The zero-order chi connectivity index (χ0) is 19.7. The second kappa shape index (κ2) is 7.40. The zero-order valence-corrected chi connectivity index (χ0v) is 16.0. The summed E-state index contributed by atoms with van der Waals surface area (Å²) in [4.78, 5) is 28.9. The minimum absolute atomic E-state index is 0.0666. The minimum Gasteiger partial charge on any atom is -0.507 e. The number of likely N-dealkylation sites (N-methyl/N-ethyl adjacent to an activating group) is 1. The summed E-state index contributed by atoms with van der Waals surface area (Å²) in [5.74, 6) is -0.340. The number of ketones is 1. The van der Waals surface area contributed by atoms with Gasteiger partial charge < -0.3 is 19.3 Å². The standard InChI is InChI=1S/C21H24N2O4/c1-13-5-8-15(9-6-13)19(24)17-18(16-10-7-14(2)27-16)23(12-11-22(3)4)21(26)20(17)25/h5-10,18,24H,11-12H2,1-4H3/b19-17-. The first-order valence-corrected chi connectivity index (χ1v) is 8.86. The summed E-state index contributed by atoms with van der Waals surface area (Å²) in [5.41, 5.74) is 1.60. The Labute approximate surface area is 158 Å². The van der Waals surface area contributed by atoms with Crippen molar-refractivity contribution in [2.45, 2.75) is 19.9 Å². The summed E-state index contributed by atoms with van der Waals surface area (Å²) in [5, 5.41) is 10.9. The van der Waals surface area contributed by atoms with Gasteiger partial charge in [-0.2, -0.15) is 0 Å². The molecule has 1 fully saturated rings. The van der Waals surface area contributed by atoms with Crippen molar-refractivity contribution in [3.8, 4) is 0 Å². The summed E-state index contributed by atoms with van der Waals surface area (Å²) < 4.78 is 5.73. The lowest BCUT2D eigenvalue weighted by molar-refractivity contribution is -0.140. The highest BCUT2D eigenvalue weighted by molar-refractivity contribution is 6.46. The van der Waals surface area contributed by atoms with Crippen LogP contribution in [0.2, 0.25) is 0 Å². The van der Waals surface area contributed by atoms with Crippen LogP contribution in [0.5, 0.6) is 0 Å². The van der Waals surface area contributed by atoms with Crippen molar-refractivity contribution < 1.29 is 19.1 Å². The van der Waals surface area contributed by atoms with E-state index in [2.05, 4.69) is 0 Å². The number of carbonyl (C=O) groups excluding carboxylic acids is 2. The zero-order valence-electron chi connectivity index (χ0n) is 16.0. The molecule has 3 rings (SSSR count). The van der Waals surface area contributed by atoms with Gasteiger partial charge in [-0.15, -0.1) is 0 Å².